The molecule has 0 rings (SSSR count). The van der Waals surface area contributed by atoms with Crippen molar-refractivity contribution in [3.05, 3.63) is 12.7 Å². The highest BCUT2D eigenvalue weighted by Crippen LogP contribution is 2.05. The van der Waals surface area contributed by atoms with Gasteiger partial charge in [-0.05, 0) is 5.92 Å². The van der Waals surface area contributed by atoms with E-state index >= 15 is 0 Å². The number of alkyl halides is 1. The summed E-state index contributed by atoms with van der Waals surface area (Å²) in [6.45, 7) is 5.42. The van der Waals surface area contributed by atoms with Crippen LogP contribution in [-0.2, 0) is 0 Å². The SMILES string of the molecule is C=CC(O)C(C)CBr. The largest absolute Gasteiger partial charge is 0.389 e. The molecule has 0 saturated heterocycles. The molecular formula is C6H11BrO. The summed E-state index contributed by atoms with van der Waals surface area (Å²) in [5.41, 5.74) is 0. The fraction of sp³-hybridized carbons (Fsp3) is 0.667. The van der Waals surface area contributed by atoms with Crippen LogP contribution in [-0.4, -0.2) is 16.5 Å². The van der Waals surface area contributed by atoms with E-state index in [0.717, 1.165) is 5.33 Å². The summed E-state index contributed by atoms with van der Waals surface area (Å²) in [7, 11) is 0. The van der Waals surface area contributed by atoms with Crippen LogP contribution in [0.3, 0.4) is 0 Å². The van der Waals surface area contributed by atoms with Crippen LogP contribution >= 0.6 is 15.9 Å². The molecular weight excluding hydrogens is 168 g/mol. The van der Waals surface area contributed by atoms with Gasteiger partial charge in [0.15, 0.2) is 0 Å². The molecule has 0 aliphatic heterocycles. The molecule has 0 fully saturated rings. The third-order valence-corrected chi connectivity index (χ3v) is 2.09. The number of aliphatic hydroxyl groups is 1. The van der Waals surface area contributed by atoms with Gasteiger partial charge in [-0.3, -0.25) is 0 Å². The molecule has 1 nitrogen and oxygen atoms in total. The Morgan fingerprint density at radius 1 is 1.88 bits per heavy atom. The van der Waals surface area contributed by atoms with Gasteiger partial charge in [0, 0.05) is 5.33 Å². The summed E-state index contributed by atoms with van der Waals surface area (Å²) in [4.78, 5) is 0. The summed E-state index contributed by atoms with van der Waals surface area (Å²) < 4.78 is 0. The molecule has 0 heterocycles. The molecule has 1 N–H and O–H groups in total. The van der Waals surface area contributed by atoms with Crippen LogP contribution in [0.1, 0.15) is 6.92 Å². The average molecular weight is 179 g/mol. The number of aliphatic hydroxyl groups excluding tert-OH is 1. The Morgan fingerprint density at radius 3 is 2.50 bits per heavy atom. The standard InChI is InChI=1S/C6H11BrO/c1-3-6(8)5(2)4-7/h3,5-6,8H,1,4H2,2H3. The highest BCUT2D eigenvalue weighted by molar-refractivity contribution is 9.09. The van der Waals surface area contributed by atoms with Crippen LogP contribution in [0.15, 0.2) is 12.7 Å². The van der Waals surface area contributed by atoms with Gasteiger partial charge in [-0.15, -0.1) is 6.58 Å². The normalized spacial score (nSPS) is 17.4. The van der Waals surface area contributed by atoms with Crippen LogP contribution in [0.2, 0.25) is 0 Å². The first kappa shape index (κ1) is 8.18. The quantitative estimate of drug-likeness (QED) is 0.514. The lowest BCUT2D eigenvalue weighted by Crippen LogP contribution is -2.14. The molecule has 0 aromatic rings. The van der Waals surface area contributed by atoms with E-state index in [2.05, 4.69) is 22.5 Å². The van der Waals surface area contributed by atoms with E-state index < -0.39 is 0 Å². The highest BCUT2D eigenvalue weighted by atomic mass is 79.9. The van der Waals surface area contributed by atoms with E-state index in [1.807, 2.05) is 6.92 Å². The molecule has 0 aliphatic rings. The molecule has 0 radical (unpaired) electrons. The summed E-state index contributed by atoms with van der Waals surface area (Å²) in [6, 6.07) is 0. The van der Waals surface area contributed by atoms with Gasteiger partial charge in [0.2, 0.25) is 0 Å². The zero-order valence-corrected chi connectivity index (χ0v) is 6.56. The van der Waals surface area contributed by atoms with Gasteiger partial charge in [0.1, 0.15) is 0 Å². The van der Waals surface area contributed by atoms with Crippen molar-refractivity contribution in [1.29, 1.82) is 0 Å². The van der Waals surface area contributed by atoms with Gasteiger partial charge in [-0.25, -0.2) is 0 Å². The fourth-order valence-corrected chi connectivity index (χ4v) is 0.707. The van der Waals surface area contributed by atoms with Crippen molar-refractivity contribution in [1.82, 2.24) is 0 Å². The van der Waals surface area contributed by atoms with Crippen molar-refractivity contribution in [3.8, 4) is 0 Å². The third-order valence-electron chi connectivity index (χ3n) is 1.07. The van der Waals surface area contributed by atoms with Gasteiger partial charge in [0.05, 0.1) is 6.10 Å². The Hall–Kier alpha value is 0.180. The van der Waals surface area contributed by atoms with Gasteiger partial charge >= 0.3 is 0 Å². The second-order valence-electron chi connectivity index (χ2n) is 1.86. The van der Waals surface area contributed by atoms with Crippen molar-refractivity contribution in [2.75, 3.05) is 5.33 Å². The van der Waals surface area contributed by atoms with Gasteiger partial charge in [-0.2, -0.15) is 0 Å². The maximum absolute atomic E-state index is 8.98. The smallest absolute Gasteiger partial charge is 0.0751 e. The van der Waals surface area contributed by atoms with Crippen LogP contribution in [0.5, 0.6) is 0 Å². The van der Waals surface area contributed by atoms with Crippen molar-refractivity contribution < 1.29 is 5.11 Å². The van der Waals surface area contributed by atoms with Crippen molar-refractivity contribution in [2.24, 2.45) is 5.92 Å². The minimum Gasteiger partial charge on any atom is -0.389 e. The van der Waals surface area contributed by atoms with E-state index in [4.69, 9.17) is 5.11 Å². The van der Waals surface area contributed by atoms with E-state index in [9.17, 15) is 0 Å². The maximum atomic E-state index is 8.98. The Labute approximate surface area is 58.5 Å². The van der Waals surface area contributed by atoms with Crippen LogP contribution in [0.4, 0.5) is 0 Å². The van der Waals surface area contributed by atoms with Crippen molar-refractivity contribution in [3.63, 3.8) is 0 Å². The Kier molecular flexibility index (Phi) is 4.19. The minimum absolute atomic E-state index is 0.271. The third kappa shape index (κ3) is 2.48. The summed E-state index contributed by atoms with van der Waals surface area (Å²) >= 11 is 3.25. The predicted octanol–water partition coefficient (Wildman–Crippen LogP) is 1.56. The molecule has 8 heavy (non-hydrogen) atoms. The van der Waals surface area contributed by atoms with E-state index in [1.165, 1.54) is 0 Å². The molecule has 2 unspecified atom stereocenters. The molecule has 0 aliphatic carbocycles. The van der Waals surface area contributed by atoms with Crippen LogP contribution < -0.4 is 0 Å². The zero-order chi connectivity index (χ0) is 6.57. The highest BCUT2D eigenvalue weighted by Gasteiger charge is 2.06. The van der Waals surface area contributed by atoms with Crippen molar-refractivity contribution >= 4 is 15.9 Å². The summed E-state index contributed by atoms with van der Waals surface area (Å²) in [6.07, 6.45) is 1.18. The van der Waals surface area contributed by atoms with E-state index in [1.54, 1.807) is 6.08 Å². The number of halogens is 1. The molecule has 0 aromatic carbocycles. The summed E-state index contributed by atoms with van der Waals surface area (Å²) in [5, 5.41) is 9.80. The molecule has 48 valence electrons. The Morgan fingerprint density at radius 2 is 2.38 bits per heavy atom. The molecule has 0 amide bonds. The topological polar surface area (TPSA) is 20.2 Å². The monoisotopic (exact) mass is 178 g/mol. The molecule has 0 saturated carbocycles. The molecule has 0 bridgehead atoms. The maximum Gasteiger partial charge on any atom is 0.0751 e. The number of rotatable bonds is 3. The summed E-state index contributed by atoms with van der Waals surface area (Å²) in [5.74, 6) is 0.271. The van der Waals surface area contributed by atoms with E-state index in [0.29, 0.717) is 0 Å². The lowest BCUT2D eigenvalue weighted by molar-refractivity contribution is 0.175. The second kappa shape index (κ2) is 4.10. The van der Waals surface area contributed by atoms with Gasteiger partial charge in [-0.1, -0.05) is 28.9 Å². The molecule has 2 heteroatoms. The number of hydrogen-bond acceptors (Lipinski definition) is 1. The van der Waals surface area contributed by atoms with Crippen LogP contribution in [0, 0.1) is 5.92 Å². The van der Waals surface area contributed by atoms with Crippen LogP contribution in [0.25, 0.3) is 0 Å². The first-order valence-electron chi connectivity index (χ1n) is 2.59. The van der Waals surface area contributed by atoms with Gasteiger partial charge < -0.3 is 5.11 Å². The minimum atomic E-state index is -0.366. The predicted molar refractivity (Wildman–Crippen MR) is 39.2 cm³/mol. The lowest BCUT2D eigenvalue weighted by Gasteiger charge is -2.09. The zero-order valence-electron chi connectivity index (χ0n) is 4.97. The van der Waals surface area contributed by atoms with E-state index in [-0.39, 0.29) is 12.0 Å². The lowest BCUT2D eigenvalue weighted by atomic mass is 10.1. The first-order valence-corrected chi connectivity index (χ1v) is 3.71. The van der Waals surface area contributed by atoms with Crippen molar-refractivity contribution in [2.45, 2.75) is 13.0 Å². The first-order chi connectivity index (χ1) is 3.72. The number of hydrogen-bond donors (Lipinski definition) is 1. The Bertz CT molecular complexity index is 72.9. The molecule has 0 aromatic heterocycles. The van der Waals surface area contributed by atoms with Gasteiger partial charge in [0.25, 0.3) is 0 Å². The Balaban J connectivity index is 3.44. The second-order valence-corrected chi connectivity index (χ2v) is 2.51. The molecule has 0 spiro atoms. The fourth-order valence-electron chi connectivity index (χ4n) is 0.324. The molecule has 2 atom stereocenters. The average Bonchev–Trinajstić information content (AvgIpc) is 1.84.